The normalized spacial score (nSPS) is 12.1. The molecule has 148 valence electrons. The Morgan fingerprint density at radius 3 is 2.85 bits per heavy atom. The van der Waals surface area contributed by atoms with Gasteiger partial charge in [0.25, 0.3) is 0 Å². The van der Waals surface area contributed by atoms with E-state index < -0.39 is 6.04 Å². The maximum Gasteiger partial charge on any atom is 0.242 e. The van der Waals surface area contributed by atoms with E-state index in [1.165, 1.54) is 0 Å². The number of nitrogens with two attached hydrogens (primary N) is 1. The number of nitrogens with one attached hydrogen (secondary N) is 2. The molecule has 4 N–H and O–H groups in total. The summed E-state index contributed by atoms with van der Waals surface area (Å²) in [6.07, 6.45) is 6.06. The molecular weight excluding hydrogens is 342 g/mol. The van der Waals surface area contributed by atoms with Gasteiger partial charge in [-0.25, -0.2) is 4.98 Å². The molecule has 0 radical (unpaired) electrons. The summed E-state index contributed by atoms with van der Waals surface area (Å²) in [5.74, 6) is 0.298. The Morgan fingerprint density at radius 2 is 2.07 bits per heavy atom. The number of ether oxygens (including phenoxy) is 1. The molecule has 2 aromatic rings. The standard InChI is InChI=1S/C20H31N5O2/c1-3-7-17(21)20(26)24-19-14-25(15-23-19)18-9-6-5-8-16(18)13-22-10-12-27-11-4-2/h5-6,8-9,14-15,17,22H,3-4,7,10-13,21H2,1-2H3,(H,24,26)/t17-/m0/s1. The molecule has 0 fully saturated rings. The highest BCUT2D eigenvalue weighted by Gasteiger charge is 2.14. The summed E-state index contributed by atoms with van der Waals surface area (Å²) in [6.45, 7) is 7.13. The quantitative estimate of drug-likeness (QED) is 0.497. The number of aromatic nitrogens is 2. The minimum Gasteiger partial charge on any atom is -0.380 e. The predicted molar refractivity (Wildman–Crippen MR) is 108 cm³/mol. The molecule has 0 saturated heterocycles. The molecule has 0 unspecified atom stereocenters. The first-order chi connectivity index (χ1) is 13.2. The molecule has 7 nitrogen and oxygen atoms in total. The van der Waals surface area contributed by atoms with E-state index in [0.29, 0.717) is 18.8 Å². The lowest BCUT2D eigenvalue weighted by Gasteiger charge is -2.11. The fourth-order valence-electron chi connectivity index (χ4n) is 2.71. The van der Waals surface area contributed by atoms with Crippen molar-refractivity contribution in [3.63, 3.8) is 0 Å². The van der Waals surface area contributed by atoms with Crippen molar-refractivity contribution in [2.75, 3.05) is 25.1 Å². The van der Waals surface area contributed by atoms with Gasteiger partial charge in [0.1, 0.15) is 6.33 Å². The summed E-state index contributed by atoms with van der Waals surface area (Å²) < 4.78 is 7.39. The topological polar surface area (TPSA) is 94.2 Å². The van der Waals surface area contributed by atoms with E-state index in [4.69, 9.17) is 10.5 Å². The Bertz CT molecular complexity index is 701. The Hall–Kier alpha value is -2.22. The Balaban J connectivity index is 1.96. The molecule has 1 heterocycles. The smallest absolute Gasteiger partial charge is 0.242 e. The molecule has 1 atom stereocenters. The molecule has 0 saturated carbocycles. The number of hydrogen-bond acceptors (Lipinski definition) is 5. The van der Waals surface area contributed by atoms with Crippen LogP contribution in [0.25, 0.3) is 5.69 Å². The van der Waals surface area contributed by atoms with Crippen molar-refractivity contribution in [3.8, 4) is 5.69 Å². The van der Waals surface area contributed by atoms with Crippen molar-refractivity contribution in [2.45, 2.75) is 45.7 Å². The summed E-state index contributed by atoms with van der Waals surface area (Å²) in [4.78, 5) is 16.3. The molecule has 1 aromatic heterocycles. The van der Waals surface area contributed by atoms with E-state index >= 15 is 0 Å². The van der Waals surface area contributed by atoms with Gasteiger partial charge in [0, 0.05) is 19.7 Å². The van der Waals surface area contributed by atoms with Gasteiger partial charge in [-0.1, -0.05) is 38.5 Å². The number of imidazole rings is 1. The van der Waals surface area contributed by atoms with E-state index in [9.17, 15) is 4.79 Å². The number of para-hydroxylation sites is 1. The summed E-state index contributed by atoms with van der Waals surface area (Å²) >= 11 is 0. The van der Waals surface area contributed by atoms with Gasteiger partial charge in [0.2, 0.25) is 5.91 Å². The van der Waals surface area contributed by atoms with E-state index in [-0.39, 0.29) is 5.91 Å². The first kappa shape index (κ1) is 21.1. The van der Waals surface area contributed by atoms with E-state index in [1.54, 1.807) is 12.5 Å². The van der Waals surface area contributed by atoms with Crippen LogP contribution in [0.15, 0.2) is 36.8 Å². The number of amides is 1. The van der Waals surface area contributed by atoms with Crippen LogP contribution in [0.1, 0.15) is 38.7 Å². The second-order valence-corrected chi connectivity index (χ2v) is 6.47. The maximum atomic E-state index is 12.1. The number of benzene rings is 1. The van der Waals surface area contributed by atoms with Gasteiger partial charge >= 0.3 is 0 Å². The molecule has 7 heteroatoms. The van der Waals surface area contributed by atoms with Crippen molar-refractivity contribution in [1.82, 2.24) is 14.9 Å². The van der Waals surface area contributed by atoms with Gasteiger partial charge in [-0.05, 0) is 24.5 Å². The van der Waals surface area contributed by atoms with E-state index in [1.807, 2.05) is 29.7 Å². The summed E-state index contributed by atoms with van der Waals surface area (Å²) in [5.41, 5.74) is 8.01. The van der Waals surface area contributed by atoms with Crippen LogP contribution in [0, 0.1) is 0 Å². The highest BCUT2D eigenvalue weighted by atomic mass is 16.5. The molecule has 0 spiro atoms. The number of rotatable bonds is 12. The van der Waals surface area contributed by atoms with Crippen LogP contribution in [0.5, 0.6) is 0 Å². The number of hydrogen-bond donors (Lipinski definition) is 3. The molecular formula is C20H31N5O2. The molecule has 0 aliphatic carbocycles. The zero-order chi connectivity index (χ0) is 19.5. The fourth-order valence-corrected chi connectivity index (χ4v) is 2.71. The predicted octanol–water partition coefficient (Wildman–Crippen LogP) is 2.45. The van der Waals surface area contributed by atoms with Crippen LogP contribution in [0.3, 0.4) is 0 Å². The highest BCUT2D eigenvalue weighted by Crippen LogP contribution is 2.16. The lowest BCUT2D eigenvalue weighted by molar-refractivity contribution is -0.117. The van der Waals surface area contributed by atoms with Crippen molar-refractivity contribution in [2.24, 2.45) is 5.73 Å². The van der Waals surface area contributed by atoms with Crippen molar-refractivity contribution >= 4 is 11.7 Å². The van der Waals surface area contributed by atoms with Crippen LogP contribution in [-0.4, -0.2) is 41.3 Å². The number of carbonyl (C=O) groups excluding carboxylic acids is 1. The van der Waals surface area contributed by atoms with E-state index in [2.05, 4.69) is 28.6 Å². The zero-order valence-electron chi connectivity index (χ0n) is 16.3. The van der Waals surface area contributed by atoms with E-state index in [0.717, 1.165) is 43.8 Å². The van der Waals surface area contributed by atoms with Gasteiger partial charge in [-0.2, -0.15) is 0 Å². The van der Waals surface area contributed by atoms with Gasteiger partial charge in [-0.3, -0.25) is 4.79 Å². The minimum atomic E-state index is -0.508. The van der Waals surface area contributed by atoms with Crippen molar-refractivity contribution in [1.29, 1.82) is 0 Å². The van der Waals surface area contributed by atoms with Crippen LogP contribution < -0.4 is 16.4 Å². The second-order valence-electron chi connectivity index (χ2n) is 6.47. The highest BCUT2D eigenvalue weighted by molar-refractivity contribution is 5.93. The zero-order valence-corrected chi connectivity index (χ0v) is 16.3. The largest absolute Gasteiger partial charge is 0.380 e. The third-order valence-corrected chi connectivity index (χ3v) is 4.13. The summed E-state index contributed by atoms with van der Waals surface area (Å²) in [5, 5.41) is 6.17. The van der Waals surface area contributed by atoms with Crippen LogP contribution in [-0.2, 0) is 16.1 Å². The molecule has 1 amide bonds. The monoisotopic (exact) mass is 373 g/mol. The Kier molecular flexibility index (Phi) is 8.97. The van der Waals surface area contributed by atoms with Gasteiger partial charge in [0.05, 0.1) is 24.5 Å². The second kappa shape index (κ2) is 11.5. The summed E-state index contributed by atoms with van der Waals surface area (Å²) in [7, 11) is 0. The van der Waals surface area contributed by atoms with Crippen LogP contribution in [0.2, 0.25) is 0 Å². The Morgan fingerprint density at radius 1 is 1.26 bits per heavy atom. The number of anilines is 1. The lowest BCUT2D eigenvalue weighted by atomic mass is 10.1. The maximum absolute atomic E-state index is 12.1. The first-order valence-corrected chi connectivity index (χ1v) is 9.62. The number of nitrogens with zero attached hydrogens (tertiary/aromatic N) is 2. The number of carbonyl (C=O) groups is 1. The third-order valence-electron chi connectivity index (χ3n) is 4.13. The van der Waals surface area contributed by atoms with Crippen LogP contribution in [0.4, 0.5) is 5.82 Å². The SMILES string of the molecule is CCCOCCNCc1ccccc1-n1cnc(NC(=O)[C@@H](N)CCC)c1. The van der Waals surface area contributed by atoms with Crippen molar-refractivity contribution < 1.29 is 9.53 Å². The lowest BCUT2D eigenvalue weighted by Crippen LogP contribution is -2.35. The van der Waals surface area contributed by atoms with Gasteiger partial charge in [0.15, 0.2) is 5.82 Å². The third kappa shape index (κ3) is 6.78. The van der Waals surface area contributed by atoms with Gasteiger partial charge < -0.3 is 25.7 Å². The van der Waals surface area contributed by atoms with Gasteiger partial charge in [-0.15, -0.1) is 0 Å². The minimum absolute atomic E-state index is 0.205. The van der Waals surface area contributed by atoms with Crippen LogP contribution >= 0.6 is 0 Å². The molecule has 0 aliphatic heterocycles. The Labute approximate surface area is 161 Å². The molecule has 0 aliphatic rings. The first-order valence-electron chi connectivity index (χ1n) is 9.62. The average molecular weight is 374 g/mol. The molecule has 2 rings (SSSR count). The van der Waals surface area contributed by atoms with Crippen molar-refractivity contribution in [3.05, 3.63) is 42.4 Å². The summed E-state index contributed by atoms with van der Waals surface area (Å²) in [6, 6.07) is 7.59. The molecule has 1 aromatic carbocycles. The average Bonchev–Trinajstić information content (AvgIpc) is 3.13. The molecule has 0 bridgehead atoms. The molecule has 27 heavy (non-hydrogen) atoms. The fraction of sp³-hybridized carbons (Fsp3) is 0.500.